The van der Waals surface area contributed by atoms with Crippen molar-refractivity contribution in [1.82, 2.24) is 20.1 Å². The molecule has 0 atom stereocenters. The summed E-state index contributed by atoms with van der Waals surface area (Å²) < 4.78 is 5.87. The van der Waals surface area contributed by atoms with Crippen LogP contribution < -0.4 is 10.3 Å². The summed E-state index contributed by atoms with van der Waals surface area (Å²) in [4.78, 5) is 27.8. The van der Waals surface area contributed by atoms with Crippen LogP contribution in [0.4, 0.5) is 0 Å². The Kier molecular flexibility index (Phi) is 3.11. The van der Waals surface area contributed by atoms with E-state index in [1.54, 1.807) is 23.2 Å². The molecule has 0 spiro atoms. The molecule has 0 radical (unpaired) electrons. The first kappa shape index (κ1) is 13.6. The van der Waals surface area contributed by atoms with Crippen molar-refractivity contribution in [2.24, 2.45) is 0 Å². The van der Waals surface area contributed by atoms with Crippen LogP contribution in [0.5, 0.6) is 5.75 Å². The zero-order chi connectivity index (χ0) is 15.8. The Morgan fingerprint density at radius 3 is 2.87 bits per heavy atom. The summed E-state index contributed by atoms with van der Waals surface area (Å²) in [5, 5.41) is 7.42. The average molecular weight is 310 g/mol. The van der Waals surface area contributed by atoms with Crippen LogP contribution in [-0.2, 0) is 0 Å². The number of nitrogens with one attached hydrogen (secondary N) is 2. The molecule has 1 saturated heterocycles. The number of aromatic nitrogens is 3. The van der Waals surface area contributed by atoms with Crippen LogP contribution in [0.25, 0.3) is 10.9 Å². The maximum absolute atomic E-state index is 12.0. The van der Waals surface area contributed by atoms with Gasteiger partial charge in [0.2, 0.25) is 5.56 Å². The Bertz CT molecular complexity index is 910. The molecule has 4 rings (SSSR count). The predicted octanol–water partition coefficient (Wildman–Crippen LogP) is 1.15. The molecule has 2 aromatic heterocycles. The van der Waals surface area contributed by atoms with E-state index in [9.17, 15) is 9.59 Å². The van der Waals surface area contributed by atoms with Gasteiger partial charge in [0.15, 0.2) is 0 Å². The number of amides is 1. The summed E-state index contributed by atoms with van der Waals surface area (Å²) >= 11 is 0. The van der Waals surface area contributed by atoms with Crippen LogP contribution in [0.2, 0.25) is 0 Å². The summed E-state index contributed by atoms with van der Waals surface area (Å²) in [6.45, 7) is 1.07. The fourth-order valence-corrected chi connectivity index (χ4v) is 2.62. The SMILES string of the molecule is O=C(c1cc[nH]n1)N1CC(Oc2ccc3[nH]c(=O)ccc3c2)C1. The number of ether oxygens (including phenoxy) is 1. The van der Waals surface area contributed by atoms with Gasteiger partial charge in [-0.3, -0.25) is 14.7 Å². The number of likely N-dealkylation sites (tertiary alicyclic amines) is 1. The van der Waals surface area contributed by atoms with Crippen molar-refractivity contribution >= 4 is 16.8 Å². The average Bonchev–Trinajstić information content (AvgIpc) is 3.04. The van der Waals surface area contributed by atoms with Gasteiger partial charge in [-0.1, -0.05) is 0 Å². The van der Waals surface area contributed by atoms with E-state index in [-0.39, 0.29) is 17.6 Å². The normalized spacial score (nSPS) is 14.7. The van der Waals surface area contributed by atoms with E-state index in [4.69, 9.17) is 4.74 Å². The van der Waals surface area contributed by atoms with Gasteiger partial charge >= 0.3 is 0 Å². The number of hydrogen-bond acceptors (Lipinski definition) is 4. The molecule has 0 saturated carbocycles. The quantitative estimate of drug-likeness (QED) is 0.759. The largest absolute Gasteiger partial charge is 0.487 e. The molecule has 116 valence electrons. The molecular formula is C16H14N4O3. The highest BCUT2D eigenvalue weighted by atomic mass is 16.5. The zero-order valence-corrected chi connectivity index (χ0v) is 12.2. The highest BCUT2D eigenvalue weighted by Gasteiger charge is 2.33. The van der Waals surface area contributed by atoms with E-state index in [1.807, 2.05) is 18.2 Å². The van der Waals surface area contributed by atoms with Gasteiger partial charge in [0.05, 0.1) is 13.1 Å². The smallest absolute Gasteiger partial charge is 0.274 e. The Morgan fingerprint density at radius 2 is 2.09 bits per heavy atom. The summed E-state index contributed by atoms with van der Waals surface area (Å²) in [6.07, 6.45) is 1.60. The number of H-pyrrole nitrogens is 2. The molecule has 0 bridgehead atoms. The number of carbonyl (C=O) groups is 1. The minimum atomic E-state index is -0.127. The molecule has 2 N–H and O–H groups in total. The van der Waals surface area contributed by atoms with Gasteiger partial charge < -0.3 is 14.6 Å². The van der Waals surface area contributed by atoms with Gasteiger partial charge in [-0.15, -0.1) is 0 Å². The van der Waals surface area contributed by atoms with Crippen molar-refractivity contribution < 1.29 is 9.53 Å². The first-order chi connectivity index (χ1) is 11.2. The predicted molar refractivity (Wildman–Crippen MR) is 83.5 cm³/mol. The molecule has 1 amide bonds. The van der Waals surface area contributed by atoms with E-state index in [0.717, 1.165) is 16.7 Å². The van der Waals surface area contributed by atoms with Gasteiger partial charge in [0.1, 0.15) is 17.5 Å². The lowest BCUT2D eigenvalue weighted by Gasteiger charge is -2.38. The molecule has 1 aliphatic heterocycles. The van der Waals surface area contributed by atoms with Crippen molar-refractivity contribution in [3.8, 4) is 5.75 Å². The minimum Gasteiger partial charge on any atom is -0.487 e. The van der Waals surface area contributed by atoms with Crippen molar-refractivity contribution in [1.29, 1.82) is 0 Å². The third-order valence-corrected chi connectivity index (χ3v) is 3.85. The Labute approximate surface area is 130 Å². The first-order valence-electron chi connectivity index (χ1n) is 7.28. The van der Waals surface area contributed by atoms with Gasteiger partial charge in [-0.2, -0.15) is 5.10 Å². The third-order valence-electron chi connectivity index (χ3n) is 3.85. The molecule has 0 aliphatic carbocycles. The summed E-state index contributed by atoms with van der Waals surface area (Å²) in [7, 11) is 0. The molecular weight excluding hydrogens is 296 g/mol. The van der Waals surface area contributed by atoms with Crippen molar-refractivity contribution in [3.63, 3.8) is 0 Å². The van der Waals surface area contributed by atoms with Crippen LogP contribution >= 0.6 is 0 Å². The van der Waals surface area contributed by atoms with E-state index in [2.05, 4.69) is 15.2 Å². The van der Waals surface area contributed by atoms with Gasteiger partial charge in [-0.25, -0.2) is 0 Å². The standard InChI is InChI=1S/C16H14N4O3/c21-15-4-1-10-7-11(2-3-13(10)18-15)23-12-8-20(9-12)16(22)14-5-6-17-19-14/h1-7,12H,8-9H2,(H,17,19)(H,18,21). The molecule has 3 aromatic rings. The molecule has 3 heterocycles. The van der Waals surface area contributed by atoms with Crippen LogP contribution in [0.3, 0.4) is 0 Å². The van der Waals surface area contributed by atoms with Crippen molar-refractivity contribution in [2.75, 3.05) is 13.1 Å². The Morgan fingerprint density at radius 1 is 1.22 bits per heavy atom. The lowest BCUT2D eigenvalue weighted by atomic mass is 10.1. The number of carbonyl (C=O) groups excluding carboxylic acids is 1. The van der Waals surface area contributed by atoms with E-state index < -0.39 is 0 Å². The lowest BCUT2D eigenvalue weighted by molar-refractivity contribution is 0.0174. The topological polar surface area (TPSA) is 91.1 Å². The van der Waals surface area contributed by atoms with E-state index in [0.29, 0.717) is 18.8 Å². The van der Waals surface area contributed by atoms with E-state index in [1.165, 1.54) is 6.07 Å². The Hall–Kier alpha value is -3.09. The zero-order valence-electron chi connectivity index (χ0n) is 12.2. The van der Waals surface area contributed by atoms with Crippen LogP contribution in [0.15, 0.2) is 47.4 Å². The second kappa shape index (κ2) is 5.28. The van der Waals surface area contributed by atoms with Crippen molar-refractivity contribution in [3.05, 3.63) is 58.6 Å². The van der Waals surface area contributed by atoms with Gasteiger partial charge in [0.25, 0.3) is 5.91 Å². The minimum absolute atomic E-state index is 0.0295. The van der Waals surface area contributed by atoms with Gasteiger partial charge in [-0.05, 0) is 30.3 Å². The number of rotatable bonds is 3. The number of aromatic amines is 2. The molecule has 1 aromatic carbocycles. The second-order valence-corrected chi connectivity index (χ2v) is 5.48. The number of nitrogens with zero attached hydrogens (tertiary/aromatic N) is 2. The molecule has 7 heteroatoms. The maximum atomic E-state index is 12.0. The molecule has 7 nitrogen and oxygen atoms in total. The third kappa shape index (κ3) is 2.57. The van der Waals surface area contributed by atoms with Gasteiger partial charge in [0, 0.05) is 23.2 Å². The second-order valence-electron chi connectivity index (χ2n) is 5.48. The first-order valence-corrected chi connectivity index (χ1v) is 7.28. The van der Waals surface area contributed by atoms with E-state index >= 15 is 0 Å². The monoisotopic (exact) mass is 310 g/mol. The number of fused-ring (bicyclic) bond motifs is 1. The van der Waals surface area contributed by atoms with Crippen molar-refractivity contribution in [2.45, 2.75) is 6.10 Å². The molecule has 1 fully saturated rings. The fraction of sp³-hybridized carbons (Fsp3) is 0.188. The van der Waals surface area contributed by atoms with Crippen LogP contribution in [0.1, 0.15) is 10.5 Å². The molecule has 23 heavy (non-hydrogen) atoms. The fourth-order valence-electron chi connectivity index (χ4n) is 2.62. The number of pyridine rings is 1. The maximum Gasteiger partial charge on any atom is 0.274 e. The summed E-state index contributed by atoms with van der Waals surface area (Å²) in [5.41, 5.74) is 1.06. The Balaban J connectivity index is 1.41. The highest BCUT2D eigenvalue weighted by Crippen LogP contribution is 2.22. The molecule has 0 unspecified atom stereocenters. The summed E-state index contributed by atoms with van der Waals surface area (Å²) in [5.74, 6) is 0.628. The van der Waals surface area contributed by atoms with Crippen LogP contribution in [0, 0.1) is 0 Å². The number of benzene rings is 1. The summed E-state index contributed by atoms with van der Waals surface area (Å²) in [6, 6.07) is 10.4. The number of hydrogen-bond donors (Lipinski definition) is 2. The highest BCUT2D eigenvalue weighted by molar-refractivity contribution is 5.92. The lowest BCUT2D eigenvalue weighted by Crippen LogP contribution is -2.56. The molecule has 1 aliphatic rings. The van der Waals surface area contributed by atoms with Crippen LogP contribution in [-0.4, -0.2) is 45.2 Å².